The van der Waals surface area contributed by atoms with Crippen LogP contribution in [-0.2, 0) is 11.3 Å². The Bertz CT molecular complexity index is 1050. The van der Waals surface area contributed by atoms with Crippen molar-refractivity contribution in [2.45, 2.75) is 13.5 Å². The van der Waals surface area contributed by atoms with Gasteiger partial charge >= 0.3 is 5.97 Å². The van der Waals surface area contributed by atoms with Crippen LogP contribution in [0.3, 0.4) is 0 Å². The quantitative estimate of drug-likeness (QED) is 0.778. The van der Waals surface area contributed by atoms with E-state index < -0.39 is 30.1 Å². The summed E-state index contributed by atoms with van der Waals surface area (Å²) in [5.41, 5.74) is 1.33. The second kappa shape index (κ2) is 6.56. The Kier molecular flexibility index (Phi) is 4.45. The number of carbonyl (C=O) groups is 2. The molecule has 5 nitrogen and oxygen atoms in total. The van der Waals surface area contributed by atoms with Crippen LogP contribution < -0.4 is 4.80 Å². The maximum Gasteiger partial charge on any atom is 0.323 e. The summed E-state index contributed by atoms with van der Waals surface area (Å²) in [5, 5.41) is 9.06. The fourth-order valence-electron chi connectivity index (χ4n) is 2.32. The second-order valence-electron chi connectivity index (χ2n) is 5.38. The number of aryl methyl sites for hydroxylation is 1. The molecule has 0 atom stereocenters. The normalized spacial score (nSPS) is 11.9. The van der Waals surface area contributed by atoms with Crippen molar-refractivity contribution in [3.8, 4) is 0 Å². The third kappa shape index (κ3) is 3.48. The highest BCUT2D eigenvalue weighted by Crippen LogP contribution is 2.22. The van der Waals surface area contributed by atoms with Gasteiger partial charge in [0.1, 0.15) is 18.2 Å². The Morgan fingerprint density at radius 2 is 1.88 bits per heavy atom. The number of aromatic nitrogens is 1. The molecule has 0 aliphatic rings. The van der Waals surface area contributed by atoms with Crippen LogP contribution in [-0.4, -0.2) is 21.6 Å². The molecule has 128 valence electrons. The number of carbonyl (C=O) groups excluding carboxylic acids is 1. The number of thiazole rings is 1. The van der Waals surface area contributed by atoms with E-state index in [1.54, 1.807) is 24.3 Å². The number of fused-ring (bicyclic) bond motifs is 1. The van der Waals surface area contributed by atoms with Gasteiger partial charge in [-0.2, -0.15) is 4.99 Å². The zero-order valence-electron chi connectivity index (χ0n) is 13.0. The second-order valence-corrected chi connectivity index (χ2v) is 6.36. The van der Waals surface area contributed by atoms with Crippen molar-refractivity contribution in [3.05, 3.63) is 64.0 Å². The van der Waals surface area contributed by atoms with Crippen molar-refractivity contribution in [1.82, 2.24) is 4.57 Å². The number of nitrogens with zero attached hydrogens (tertiary/aromatic N) is 2. The first-order valence-electron chi connectivity index (χ1n) is 7.21. The molecule has 2 aromatic carbocycles. The zero-order chi connectivity index (χ0) is 18.1. The number of hydrogen-bond acceptors (Lipinski definition) is 3. The number of benzene rings is 2. The first-order valence-corrected chi connectivity index (χ1v) is 8.02. The molecule has 0 saturated carbocycles. The predicted molar refractivity (Wildman–Crippen MR) is 88.4 cm³/mol. The van der Waals surface area contributed by atoms with Crippen LogP contribution in [0.1, 0.15) is 15.9 Å². The van der Waals surface area contributed by atoms with E-state index >= 15 is 0 Å². The molecule has 0 aliphatic heterocycles. The molecule has 0 unspecified atom stereocenters. The van der Waals surface area contributed by atoms with Gasteiger partial charge in [-0.1, -0.05) is 29.0 Å². The lowest BCUT2D eigenvalue weighted by atomic mass is 10.1. The summed E-state index contributed by atoms with van der Waals surface area (Å²) in [7, 11) is 0. The maximum absolute atomic E-state index is 14.0. The molecule has 25 heavy (non-hydrogen) atoms. The molecule has 0 saturated heterocycles. The molecule has 0 spiro atoms. The maximum atomic E-state index is 14.0. The highest BCUT2D eigenvalue weighted by molar-refractivity contribution is 7.16. The van der Waals surface area contributed by atoms with Crippen molar-refractivity contribution >= 4 is 33.4 Å². The summed E-state index contributed by atoms with van der Waals surface area (Å²) in [6, 6.07) is 8.40. The average Bonchev–Trinajstić information content (AvgIpc) is 2.85. The number of halogens is 2. The van der Waals surface area contributed by atoms with Crippen LogP contribution in [0.4, 0.5) is 8.78 Å². The molecule has 0 fully saturated rings. The van der Waals surface area contributed by atoms with Gasteiger partial charge in [-0.05, 0) is 25.1 Å². The van der Waals surface area contributed by atoms with Crippen LogP contribution >= 0.6 is 11.3 Å². The number of amides is 1. The van der Waals surface area contributed by atoms with Gasteiger partial charge in [0.25, 0.3) is 5.91 Å². The number of rotatable bonds is 3. The number of carboxylic acid groups (broad SMARTS) is 1. The van der Waals surface area contributed by atoms with Gasteiger partial charge in [-0.25, -0.2) is 8.78 Å². The van der Waals surface area contributed by atoms with E-state index in [2.05, 4.69) is 4.99 Å². The van der Waals surface area contributed by atoms with Gasteiger partial charge < -0.3 is 9.67 Å². The Morgan fingerprint density at radius 3 is 2.52 bits per heavy atom. The summed E-state index contributed by atoms with van der Waals surface area (Å²) < 4.78 is 28.6. The number of hydrogen-bond donors (Lipinski definition) is 1. The van der Waals surface area contributed by atoms with Gasteiger partial charge in [0.15, 0.2) is 4.80 Å². The Morgan fingerprint density at radius 1 is 1.20 bits per heavy atom. The topological polar surface area (TPSA) is 71.7 Å². The summed E-state index contributed by atoms with van der Waals surface area (Å²) in [4.78, 5) is 27.3. The monoisotopic (exact) mass is 362 g/mol. The first kappa shape index (κ1) is 17.0. The van der Waals surface area contributed by atoms with E-state index in [-0.39, 0.29) is 15.0 Å². The lowest BCUT2D eigenvalue weighted by Crippen LogP contribution is -2.21. The van der Waals surface area contributed by atoms with E-state index in [0.717, 1.165) is 27.5 Å². The summed E-state index contributed by atoms with van der Waals surface area (Å²) in [6.07, 6.45) is 0. The zero-order valence-corrected chi connectivity index (χ0v) is 13.8. The van der Waals surface area contributed by atoms with E-state index in [1.807, 2.05) is 6.92 Å². The molecule has 1 heterocycles. The summed E-state index contributed by atoms with van der Waals surface area (Å²) in [5.74, 6) is -3.47. The van der Waals surface area contributed by atoms with E-state index in [4.69, 9.17) is 5.11 Å². The van der Waals surface area contributed by atoms with Crippen LogP contribution in [0.5, 0.6) is 0 Å². The Hall–Kier alpha value is -2.87. The van der Waals surface area contributed by atoms with Gasteiger partial charge in [0.2, 0.25) is 0 Å². The van der Waals surface area contributed by atoms with Crippen molar-refractivity contribution in [2.24, 2.45) is 4.99 Å². The largest absolute Gasteiger partial charge is 0.480 e. The van der Waals surface area contributed by atoms with Crippen molar-refractivity contribution < 1.29 is 23.5 Å². The Balaban J connectivity index is 2.20. The minimum atomic E-state index is -1.21. The van der Waals surface area contributed by atoms with Gasteiger partial charge in [0, 0.05) is 11.6 Å². The first-order chi connectivity index (χ1) is 11.8. The molecular formula is C17H12F2N2O3S. The van der Waals surface area contributed by atoms with Crippen molar-refractivity contribution in [3.63, 3.8) is 0 Å². The van der Waals surface area contributed by atoms with Crippen LogP contribution in [0.15, 0.2) is 41.4 Å². The fraction of sp³-hybridized carbons (Fsp3) is 0.118. The van der Waals surface area contributed by atoms with Gasteiger partial charge in [-0.15, -0.1) is 0 Å². The summed E-state index contributed by atoms with van der Waals surface area (Å²) >= 11 is 0.798. The van der Waals surface area contributed by atoms with Crippen LogP contribution in [0.2, 0.25) is 0 Å². The molecular weight excluding hydrogens is 350 g/mol. The molecule has 0 bridgehead atoms. The molecule has 1 amide bonds. The predicted octanol–water partition coefficient (Wildman–Crippen LogP) is 3.12. The average molecular weight is 362 g/mol. The standard InChI is InChI=1S/C17H12F2N2O3S/c1-9-2-4-10(5-3-9)16(24)20-17-21(8-14(22)23)13-7-11(18)6-12(19)15(13)25-17/h2-7H,8H2,1H3,(H,22,23). The highest BCUT2D eigenvalue weighted by atomic mass is 32.1. The third-order valence-corrected chi connectivity index (χ3v) is 4.60. The molecule has 3 aromatic rings. The van der Waals surface area contributed by atoms with Crippen molar-refractivity contribution in [2.75, 3.05) is 0 Å². The molecule has 3 rings (SSSR count). The molecule has 8 heteroatoms. The van der Waals surface area contributed by atoms with Crippen LogP contribution in [0.25, 0.3) is 10.2 Å². The summed E-state index contributed by atoms with van der Waals surface area (Å²) in [6.45, 7) is 1.30. The number of carboxylic acids is 1. The molecule has 1 aromatic heterocycles. The lowest BCUT2D eigenvalue weighted by molar-refractivity contribution is -0.137. The SMILES string of the molecule is Cc1ccc(C(=O)N=c2sc3c(F)cc(F)cc3n2CC(=O)O)cc1. The van der Waals surface area contributed by atoms with Crippen LogP contribution in [0, 0.1) is 18.6 Å². The van der Waals surface area contributed by atoms with E-state index in [1.165, 1.54) is 0 Å². The highest BCUT2D eigenvalue weighted by Gasteiger charge is 2.15. The Labute approximate surface area is 144 Å². The molecule has 0 radical (unpaired) electrons. The van der Waals surface area contributed by atoms with Gasteiger partial charge in [-0.3, -0.25) is 9.59 Å². The minimum Gasteiger partial charge on any atom is -0.480 e. The third-order valence-electron chi connectivity index (χ3n) is 3.49. The lowest BCUT2D eigenvalue weighted by Gasteiger charge is -2.02. The van der Waals surface area contributed by atoms with E-state index in [9.17, 15) is 18.4 Å². The molecule has 0 aliphatic carbocycles. The fourth-order valence-corrected chi connectivity index (χ4v) is 3.33. The smallest absolute Gasteiger partial charge is 0.323 e. The number of aliphatic carboxylic acids is 1. The van der Waals surface area contributed by atoms with Crippen molar-refractivity contribution in [1.29, 1.82) is 0 Å². The van der Waals surface area contributed by atoms with Gasteiger partial charge in [0.05, 0.1) is 10.2 Å². The minimum absolute atomic E-state index is 0.00697. The van der Waals surface area contributed by atoms with E-state index in [0.29, 0.717) is 11.6 Å². The molecule has 1 N–H and O–H groups in total.